The lowest BCUT2D eigenvalue weighted by molar-refractivity contribution is 0.103. The Morgan fingerprint density at radius 1 is 1.06 bits per heavy atom. The van der Waals surface area contributed by atoms with Gasteiger partial charge < -0.3 is 10.2 Å². The van der Waals surface area contributed by atoms with Gasteiger partial charge >= 0.3 is 4.87 Å². The summed E-state index contributed by atoms with van der Waals surface area (Å²) in [6, 6.07) is 10.3. The fraction of sp³-hybridized carbons (Fsp3) is 0.391. The standard InChI is InChI=1S/C23H23Cl2N3O2S/c24-17-3-1-15(11-18(17)25)21(29)16-2-4-19-20(12-16)31-22(30)28(19)10-9-27-8-6-23(14-27)5-7-26-13-23/h1-4,11-12,26H,5-10,13-14H2. The van der Waals surface area contributed by atoms with Crippen molar-refractivity contribution in [3.63, 3.8) is 0 Å². The van der Waals surface area contributed by atoms with Gasteiger partial charge in [0.2, 0.25) is 0 Å². The summed E-state index contributed by atoms with van der Waals surface area (Å²) in [6.45, 7) is 5.98. The molecule has 31 heavy (non-hydrogen) atoms. The number of carbonyl (C=O) groups excluding carboxylic acids is 1. The van der Waals surface area contributed by atoms with E-state index in [9.17, 15) is 9.59 Å². The number of rotatable bonds is 5. The minimum Gasteiger partial charge on any atom is -0.316 e. The summed E-state index contributed by atoms with van der Waals surface area (Å²) >= 11 is 13.2. The van der Waals surface area contributed by atoms with Gasteiger partial charge in [0.25, 0.3) is 0 Å². The van der Waals surface area contributed by atoms with Crippen LogP contribution >= 0.6 is 34.5 Å². The zero-order chi connectivity index (χ0) is 21.6. The number of hydrogen-bond donors (Lipinski definition) is 1. The highest BCUT2D eigenvalue weighted by Gasteiger charge is 2.39. The van der Waals surface area contributed by atoms with Gasteiger partial charge in [-0.15, -0.1) is 0 Å². The van der Waals surface area contributed by atoms with E-state index in [1.807, 2.05) is 10.6 Å². The Balaban J connectivity index is 1.34. The molecule has 0 radical (unpaired) electrons. The molecule has 0 aliphatic carbocycles. The van der Waals surface area contributed by atoms with E-state index in [1.165, 1.54) is 24.2 Å². The van der Waals surface area contributed by atoms with Crippen molar-refractivity contribution in [1.29, 1.82) is 0 Å². The minimum atomic E-state index is -0.139. The third kappa shape index (κ3) is 4.08. The van der Waals surface area contributed by atoms with Crippen molar-refractivity contribution in [3.05, 3.63) is 67.2 Å². The van der Waals surface area contributed by atoms with Crippen molar-refractivity contribution >= 4 is 50.5 Å². The number of nitrogens with one attached hydrogen (secondary N) is 1. The molecule has 8 heteroatoms. The largest absolute Gasteiger partial charge is 0.316 e. The zero-order valence-corrected chi connectivity index (χ0v) is 19.3. The fourth-order valence-corrected chi connectivity index (χ4v) is 6.08. The third-order valence-corrected chi connectivity index (χ3v) is 8.28. The summed E-state index contributed by atoms with van der Waals surface area (Å²) in [6.07, 6.45) is 2.49. The lowest BCUT2D eigenvalue weighted by Gasteiger charge is -2.22. The van der Waals surface area contributed by atoms with Crippen molar-refractivity contribution in [2.24, 2.45) is 5.41 Å². The van der Waals surface area contributed by atoms with Crippen LogP contribution in [0.5, 0.6) is 0 Å². The molecule has 5 nitrogen and oxygen atoms in total. The lowest BCUT2D eigenvalue weighted by atomic mass is 9.87. The van der Waals surface area contributed by atoms with E-state index >= 15 is 0 Å². The highest BCUT2D eigenvalue weighted by molar-refractivity contribution is 7.16. The summed E-state index contributed by atoms with van der Waals surface area (Å²) in [5.41, 5.74) is 2.33. The number of thiazole rings is 1. The van der Waals surface area contributed by atoms with Crippen LogP contribution < -0.4 is 10.2 Å². The molecule has 3 aromatic rings. The average molecular weight is 476 g/mol. The van der Waals surface area contributed by atoms with Gasteiger partial charge in [-0.05, 0) is 67.7 Å². The van der Waals surface area contributed by atoms with Crippen molar-refractivity contribution in [2.75, 3.05) is 32.7 Å². The summed E-state index contributed by atoms with van der Waals surface area (Å²) in [5.74, 6) is -0.139. The van der Waals surface area contributed by atoms with Gasteiger partial charge in [-0.2, -0.15) is 0 Å². The Labute approximate surface area is 194 Å². The summed E-state index contributed by atoms with van der Waals surface area (Å²) in [4.78, 5) is 28.0. The number of aromatic nitrogens is 1. The Bertz CT molecular complexity index is 1210. The Morgan fingerprint density at radius 3 is 2.65 bits per heavy atom. The molecule has 1 N–H and O–H groups in total. The van der Waals surface area contributed by atoms with Crippen LogP contribution in [-0.2, 0) is 6.54 Å². The van der Waals surface area contributed by atoms with E-state index in [4.69, 9.17) is 23.2 Å². The normalized spacial score (nSPS) is 21.5. The van der Waals surface area contributed by atoms with Gasteiger partial charge in [0, 0.05) is 37.3 Å². The predicted molar refractivity (Wildman–Crippen MR) is 127 cm³/mol. The second-order valence-corrected chi connectivity index (χ2v) is 10.4. The van der Waals surface area contributed by atoms with Crippen molar-refractivity contribution in [1.82, 2.24) is 14.8 Å². The number of fused-ring (bicyclic) bond motifs is 1. The van der Waals surface area contributed by atoms with E-state index in [-0.39, 0.29) is 10.7 Å². The third-order valence-electron chi connectivity index (χ3n) is 6.60. The first-order chi connectivity index (χ1) is 14.9. The molecule has 2 aromatic carbocycles. The second kappa shape index (κ2) is 8.34. The molecule has 2 aliphatic rings. The highest BCUT2D eigenvalue weighted by Crippen LogP contribution is 2.36. The maximum Gasteiger partial charge on any atom is 0.308 e. The monoisotopic (exact) mass is 475 g/mol. The van der Waals surface area contributed by atoms with Crippen molar-refractivity contribution in [3.8, 4) is 0 Å². The molecule has 1 unspecified atom stereocenters. The number of nitrogens with zero attached hydrogens (tertiary/aromatic N) is 2. The summed E-state index contributed by atoms with van der Waals surface area (Å²) in [5, 5.41) is 4.25. The molecule has 1 spiro atoms. The molecule has 1 aromatic heterocycles. The van der Waals surface area contributed by atoms with Gasteiger partial charge in [0.15, 0.2) is 5.78 Å². The van der Waals surface area contributed by atoms with Gasteiger partial charge in [0.1, 0.15) is 0 Å². The van der Waals surface area contributed by atoms with E-state index in [2.05, 4.69) is 10.2 Å². The van der Waals surface area contributed by atoms with Crippen molar-refractivity contribution < 1.29 is 4.79 Å². The van der Waals surface area contributed by atoms with Crippen molar-refractivity contribution in [2.45, 2.75) is 19.4 Å². The van der Waals surface area contributed by atoms with Crippen LogP contribution in [-0.4, -0.2) is 48.0 Å². The van der Waals surface area contributed by atoms with E-state index < -0.39 is 0 Å². The van der Waals surface area contributed by atoms with Gasteiger partial charge in [0.05, 0.1) is 20.3 Å². The van der Waals surface area contributed by atoms with Crippen LogP contribution in [0.1, 0.15) is 28.8 Å². The first-order valence-corrected chi connectivity index (χ1v) is 12.1. The number of likely N-dealkylation sites (tertiary alicyclic amines) is 1. The number of hydrogen-bond acceptors (Lipinski definition) is 5. The average Bonchev–Trinajstić information content (AvgIpc) is 3.47. The highest BCUT2D eigenvalue weighted by atomic mass is 35.5. The molecule has 1 atom stereocenters. The Hall–Kier alpha value is -1.70. The molecule has 162 valence electrons. The van der Waals surface area contributed by atoms with E-state index in [0.29, 0.717) is 33.1 Å². The zero-order valence-electron chi connectivity index (χ0n) is 17.0. The molecule has 3 heterocycles. The lowest BCUT2D eigenvalue weighted by Crippen LogP contribution is -2.32. The van der Waals surface area contributed by atoms with Crippen LogP contribution in [0.25, 0.3) is 10.2 Å². The Morgan fingerprint density at radius 2 is 1.87 bits per heavy atom. The van der Waals surface area contributed by atoms with Gasteiger partial charge in [-0.1, -0.05) is 34.5 Å². The first-order valence-electron chi connectivity index (χ1n) is 10.5. The first kappa shape index (κ1) is 21.2. The molecule has 0 amide bonds. The topological polar surface area (TPSA) is 54.3 Å². The maximum absolute atomic E-state index is 12.9. The fourth-order valence-electron chi connectivity index (χ4n) is 4.83. The molecule has 5 rings (SSSR count). The molecule has 0 bridgehead atoms. The van der Waals surface area contributed by atoms with Crippen LogP contribution in [0.2, 0.25) is 10.0 Å². The second-order valence-electron chi connectivity index (χ2n) is 8.61. The number of halogens is 2. The van der Waals surface area contributed by atoms with Crippen LogP contribution in [0, 0.1) is 5.41 Å². The molecule has 0 saturated carbocycles. The quantitative estimate of drug-likeness (QED) is 0.559. The van der Waals surface area contributed by atoms with Crippen LogP contribution in [0.4, 0.5) is 0 Å². The number of ketones is 1. The smallest absolute Gasteiger partial charge is 0.308 e. The molecular weight excluding hydrogens is 453 g/mol. The summed E-state index contributed by atoms with van der Waals surface area (Å²) in [7, 11) is 0. The van der Waals surface area contributed by atoms with Crippen LogP contribution in [0.3, 0.4) is 0 Å². The number of benzene rings is 2. The summed E-state index contributed by atoms with van der Waals surface area (Å²) < 4.78 is 2.67. The van der Waals surface area contributed by atoms with Crippen LogP contribution in [0.15, 0.2) is 41.2 Å². The van der Waals surface area contributed by atoms with E-state index in [1.54, 1.807) is 30.3 Å². The predicted octanol–water partition coefficient (Wildman–Crippen LogP) is 4.29. The molecular formula is C23H23Cl2N3O2S. The maximum atomic E-state index is 12.9. The molecule has 2 saturated heterocycles. The minimum absolute atomic E-state index is 0.0191. The SMILES string of the molecule is O=C(c1ccc(Cl)c(Cl)c1)c1ccc2c(c1)sc(=O)n2CCN1CCC2(CCNC2)C1. The number of carbonyl (C=O) groups is 1. The molecule has 2 aliphatic heterocycles. The van der Waals surface area contributed by atoms with Gasteiger partial charge in [-0.25, -0.2) is 0 Å². The van der Waals surface area contributed by atoms with Gasteiger partial charge in [-0.3, -0.25) is 14.2 Å². The molecule has 2 fully saturated rings. The van der Waals surface area contributed by atoms with E-state index in [0.717, 1.165) is 42.9 Å². The Kier molecular flexibility index (Phi) is 5.69.